The van der Waals surface area contributed by atoms with Crippen molar-refractivity contribution < 1.29 is 19.3 Å². The Morgan fingerprint density at radius 3 is 2.92 bits per heavy atom. The first-order chi connectivity index (χ1) is 12.7. The van der Waals surface area contributed by atoms with Gasteiger partial charge in [0.15, 0.2) is 17.5 Å². The summed E-state index contributed by atoms with van der Waals surface area (Å²) in [5.74, 6) is 0.590. The zero-order valence-electron chi connectivity index (χ0n) is 14.0. The molecule has 3 aromatic rings. The van der Waals surface area contributed by atoms with E-state index in [1.54, 1.807) is 36.2 Å². The third-order valence-electron chi connectivity index (χ3n) is 3.55. The summed E-state index contributed by atoms with van der Waals surface area (Å²) < 4.78 is 6.84. The molecule has 0 fully saturated rings. The van der Waals surface area contributed by atoms with Crippen LogP contribution in [0.3, 0.4) is 0 Å². The molecule has 2 aromatic heterocycles. The Morgan fingerprint density at radius 2 is 2.19 bits per heavy atom. The van der Waals surface area contributed by atoms with Gasteiger partial charge in [-0.1, -0.05) is 5.16 Å². The van der Waals surface area contributed by atoms with Crippen molar-refractivity contribution in [2.24, 2.45) is 5.16 Å². The maximum absolute atomic E-state index is 12.2. The number of aromatic nitrogens is 2. The van der Waals surface area contributed by atoms with Gasteiger partial charge in [-0.05, 0) is 30.3 Å². The third kappa shape index (κ3) is 4.42. The number of methoxy groups -OCH3 is 1. The summed E-state index contributed by atoms with van der Waals surface area (Å²) in [5.41, 5.74) is 2.44. The van der Waals surface area contributed by atoms with Gasteiger partial charge in [0.1, 0.15) is 5.75 Å². The van der Waals surface area contributed by atoms with Crippen LogP contribution in [0.4, 0.5) is 5.13 Å². The third-order valence-corrected chi connectivity index (χ3v) is 4.31. The highest BCUT2D eigenvalue weighted by Crippen LogP contribution is 2.26. The molecule has 8 heteroatoms. The molecule has 7 nitrogen and oxygen atoms in total. The summed E-state index contributed by atoms with van der Waals surface area (Å²) in [7, 11) is 1.62. The average molecular weight is 369 g/mol. The fourth-order valence-corrected chi connectivity index (χ4v) is 3.07. The number of ether oxygens (including phenoxy) is 1. The van der Waals surface area contributed by atoms with E-state index in [-0.39, 0.29) is 12.5 Å². The van der Waals surface area contributed by atoms with Gasteiger partial charge in [0, 0.05) is 17.0 Å². The fourth-order valence-electron chi connectivity index (χ4n) is 2.33. The van der Waals surface area contributed by atoms with Crippen LogP contribution in [0.15, 0.2) is 59.3 Å². The van der Waals surface area contributed by atoms with Crippen molar-refractivity contribution in [2.75, 3.05) is 12.4 Å². The SMILES string of the molecule is COc1ccc(-c2csc(NC(=O)C[n+]3cccc(/C=N/O)c3)n2)cc1. The van der Waals surface area contributed by atoms with Crippen LogP contribution in [-0.4, -0.2) is 29.4 Å². The number of benzene rings is 1. The first kappa shape index (κ1) is 17.6. The molecule has 2 N–H and O–H groups in total. The molecule has 0 bridgehead atoms. The minimum absolute atomic E-state index is 0.130. The zero-order chi connectivity index (χ0) is 18.4. The van der Waals surface area contributed by atoms with Crippen molar-refractivity contribution in [3.8, 4) is 17.0 Å². The summed E-state index contributed by atoms with van der Waals surface area (Å²) in [6.45, 7) is 0.130. The molecule has 132 valence electrons. The maximum Gasteiger partial charge on any atom is 0.292 e. The lowest BCUT2D eigenvalue weighted by Gasteiger charge is -2.01. The molecule has 0 spiro atoms. The minimum Gasteiger partial charge on any atom is -0.497 e. The molecule has 0 saturated heterocycles. The predicted octanol–water partition coefficient (Wildman–Crippen LogP) is 2.55. The normalized spacial score (nSPS) is 10.8. The second kappa shape index (κ2) is 8.21. The Bertz CT molecular complexity index is 922. The van der Waals surface area contributed by atoms with Crippen LogP contribution in [0.5, 0.6) is 5.75 Å². The van der Waals surface area contributed by atoms with Gasteiger partial charge in [0.25, 0.3) is 5.91 Å². The standard InChI is InChI=1S/C18H16N4O3S/c1-25-15-6-4-14(5-7-15)16-12-26-18(20-16)21-17(23)11-22-8-2-3-13(10-22)9-19-24/h2-10,12H,11H2,1H3,(H-,20,21,23,24)/p+1/b19-9+. The molecule has 0 saturated carbocycles. The topological polar surface area (TPSA) is 87.7 Å². The van der Waals surface area contributed by atoms with Gasteiger partial charge in [0.2, 0.25) is 6.54 Å². The molecule has 2 heterocycles. The minimum atomic E-state index is -0.191. The van der Waals surface area contributed by atoms with Crippen LogP contribution in [0, 0.1) is 0 Å². The summed E-state index contributed by atoms with van der Waals surface area (Å²) in [6, 6.07) is 11.1. The Kier molecular flexibility index (Phi) is 5.55. The number of pyridine rings is 1. The number of nitrogens with one attached hydrogen (secondary N) is 1. The van der Waals surface area contributed by atoms with Gasteiger partial charge in [-0.25, -0.2) is 4.98 Å². The number of carbonyl (C=O) groups excluding carboxylic acids is 1. The molecule has 0 atom stereocenters. The average Bonchev–Trinajstić information content (AvgIpc) is 3.10. The van der Waals surface area contributed by atoms with E-state index in [9.17, 15) is 4.79 Å². The van der Waals surface area contributed by atoms with Gasteiger partial charge in [0.05, 0.1) is 24.6 Å². The Labute approximate surface area is 154 Å². The first-order valence-corrected chi connectivity index (χ1v) is 8.62. The lowest BCUT2D eigenvalue weighted by atomic mass is 10.2. The molecule has 3 rings (SSSR count). The second-order valence-corrected chi connectivity index (χ2v) is 6.23. The fraction of sp³-hybridized carbons (Fsp3) is 0.111. The zero-order valence-corrected chi connectivity index (χ0v) is 14.8. The number of hydrogen-bond donors (Lipinski definition) is 2. The molecular formula is C18H17N4O3S+. The lowest BCUT2D eigenvalue weighted by molar-refractivity contribution is -0.684. The van der Waals surface area contributed by atoms with Crippen LogP contribution in [-0.2, 0) is 11.3 Å². The molecule has 0 aliphatic heterocycles. The number of hydrogen-bond acceptors (Lipinski definition) is 6. The van der Waals surface area contributed by atoms with Crippen molar-refractivity contribution >= 4 is 28.6 Å². The smallest absolute Gasteiger partial charge is 0.292 e. The Morgan fingerprint density at radius 1 is 1.38 bits per heavy atom. The van der Waals surface area contributed by atoms with Gasteiger partial charge >= 0.3 is 0 Å². The molecular weight excluding hydrogens is 352 g/mol. The van der Waals surface area contributed by atoms with E-state index >= 15 is 0 Å². The number of oxime groups is 1. The molecule has 26 heavy (non-hydrogen) atoms. The van der Waals surface area contributed by atoms with Gasteiger partial charge in [-0.3, -0.25) is 10.1 Å². The van der Waals surface area contributed by atoms with Gasteiger partial charge < -0.3 is 9.94 Å². The largest absolute Gasteiger partial charge is 0.497 e. The van der Waals surface area contributed by atoms with Crippen LogP contribution in [0.25, 0.3) is 11.3 Å². The number of amides is 1. The van der Waals surface area contributed by atoms with Gasteiger partial charge in [-0.15, -0.1) is 11.3 Å². The van der Waals surface area contributed by atoms with Crippen LogP contribution >= 0.6 is 11.3 Å². The monoisotopic (exact) mass is 369 g/mol. The molecule has 0 unspecified atom stereocenters. The summed E-state index contributed by atoms with van der Waals surface area (Å²) in [4.78, 5) is 16.7. The van der Waals surface area contributed by atoms with Crippen molar-refractivity contribution in [3.05, 3.63) is 59.7 Å². The second-order valence-electron chi connectivity index (χ2n) is 5.37. The molecule has 1 amide bonds. The number of anilines is 1. The highest BCUT2D eigenvalue weighted by molar-refractivity contribution is 7.14. The lowest BCUT2D eigenvalue weighted by Crippen LogP contribution is -2.40. The van der Waals surface area contributed by atoms with E-state index in [0.29, 0.717) is 10.7 Å². The highest BCUT2D eigenvalue weighted by Gasteiger charge is 2.13. The van der Waals surface area contributed by atoms with E-state index in [1.807, 2.05) is 29.6 Å². The number of rotatable bonds is 6. The molecule has 0 aliphatic rings. The van der Waals surface area contributed by atoms with Crippen LogP contribution in [0.2, 0.25) is 0 Å². The van der Waals surface area contributed by atoms with E-state index in [1.165, 1.54) is 17.6 Å². The molecule has 0 aliphatic carbocycles. The Balaban J connectivity index is 1.64. The van der Waals surface area contributed by atoms with Crippen LogP contribution < -0.4 is 14.6 Å². The highest BCUT2D eigenvalue weighted by atomic mass is 32.1. The van der Waals surface area contributed by atoms with E-state index in [0.717, 1.165) is 17.0 Å². The van der Waals surface area contributed by atoms with Crippen molar-refractivity contribution in [1.82, 2.24) is 4.98 Å². The van der Waals surface area contributed by atoms with E-state index in [2.05, 4.69) is 15.5 Å². The van der Waals surface area contributed by atoms with E-state index in [4.69, 9.17) is 9.94 Å². The maximum atomic E-state index is 12.2. The van der Waals surface area contributed by atoms with Crippen molar-refractivity contribution in [1.29, 1.82) is 0 Å². The van der Waals surface area contributed by atoms with Crippen LogP contribution in [0.1, 0.15) is 5.56 Å². The van der Waals surface area contributed by atoms with E-state index < -0.39 is 0 Å². The van der Waals surface area contributed by atoms with Crippen molar-refractivity contribution in [2.45, 2.75) is 6.54 Å². The number of thiazole rings is 1. The molecule has 1 aromatic carbocycles. The summed E-state index contributed by atoms with van der Waals surface area (Å²) >= 11 is 1.37. The first-order valence-electron chi connectivity index (χ1n) is 7.74. The van der Waals surface area contributed by atoms with Crippen molar-refractivity contribution in [3.63, 3.8) is 0 Å². The summed E-state index contributed by atoms with van der Waals surface area (Å²) in [6.07, 6.45) is 4.78. The number of nitrogens with zero attached hydrogens (tertiary/aromatic N) is 3. The summed E-state index contributed by atoms with van der Waals surface area (Å²) in [5, 5.41) is 16.8. The number of carbonyl (C=O) groups is 1. The van der Waals surface area contributed by atoms with Gasteiger partial charge in [-0.2, -0.15) is 4.57 Å². The molecule has 0 radical (unpaired) electrons. The predicted molar refractivity (Wildman–Crippen MR) is 98.7 cm³/mol. The quantitative estimate of drug-likeness (QED) is 0.303. The Hall–Kier alpha value is -3.26.